The quantitative estimate of drug-likeness (QED) is 0.860. The van der Waals surface area contributed by atoms with Crippen molar-refractivity contribution in [2.24, 2.45) is 5.73 Å². The fourth-order valence-corrected chi connectivity index (χ4v) is 3.94. The van der Waals surface area contributed by atoms with Crippen molar-refractivity contribution in [2.75, 3.05) is 44.2 Å². The van der Waals surface area contributed by atoms with E-state index in [0.29, 0.717) is 6.54 Å². The Labute approximate surface area is 149 Å². The third-order valence-corrected chi connectivity index (χ3v) is 5.33. The monoisotopic (exact) mass is 344 g/mol. The topological polar surface area (TPSA) is 69.9 Å². The van der Waals surface area contributed by atoms with E-state index in [9.17, 15) is 9.59 Å². The molecule has 0 aliphatic carbocycles. The maximum Gasteiger partial charge on any atom is 0.241 e. The lowest BCUT2D eigenvalue weighted by Crippen LogP contribution is -2.55. The number of anilines is 1. The fraction of sp³-hybridized carbons (Fsp3) is 0.579. The molecular weight excluding hydrogens is 316 g/mol. The third kappa shape index (κ3) is 4.02. The molecule has 1 unspecified atom stereocenters. The van der Waals surface area contributed by atoms with Crippen molar-refractivity contribution in [3.05, 3.63) is 29.8 Å². The first kappa shape index (κ1) is 17.9. The number of carbonyl (C=O) groups is 2. The van der Waals surface area contributed by atoms with Crippen LogP contribution in [0.3, 0.4) is 0 Å². The number of benzene rings is 1. The number of hydrogen-bond acceptors (Lipinski definition) is 4. The summed E-state index contributed by atoms with van der Waals surface area (Å²) >= 11 is 0. The number of amides is 2. The van der Waals surface area contributed by atoms with Gasteiger partial charge in [0.05, 0.1) is 12.6 Å². The molecule has 1 atom stereocenters. The van der Waals surface area contributed by atoms with Crippen LogP contribution in [0.5, 0.6) is 0 Å². The third-order valence-electron chi connectivity index (χ3n) is 5.33. The van der Waals surface area contributed by atoms with Gasteiger partial charge in [0.2, 0.25) is 11.8 Å². The second-order valence-electron chi connectivity index (χ2n) is 6.92. The Kier molecular flexibility index (Phi) is 5.71. The summed E-state index contributed by atoms with van der Waals surface area (Å²) in [6.07, 6.45) is 2.80. The van der Waals surface area contributed by atoms with Crippen LogP contribution in [0.4, 0.5) is 5.69 Å². The van der Waals surface area contributed by atoms with E-state index < -0.39 is 0 Å². The molecule has 0 radical (unpaired) electrons. The van der Waals surface area contributed by atoms with Crippen LogP contribution in [0.2, 0.25) is 0 Å². The van der Waals surface area contributed by atoms with Crippen LogP contribution >= 0.6 is 0 Å². The van der Waals surface area contributed by atoms with Crippen LogP contribution in [-0.2, 0) is 16.0 Å². The van der Waals surface area contributed by atoms with Gasteiger partial charge in [0.1, 0.15) is 0 Å². The first-order valence-corrected chi connectivity index (χ1v) is 9.24. The van der Waals surface area contributed by atoms with Crippen LogP contribution in [0, 0.1) is 0 Å². The Hall–Kier alpha value is -1.92. The molecule has 2 aliphatic rings. The standard InChI is InChI=1S/C19H28N4O2/c1-2-16(19(20)25)22-12-10-21(11-13-22)14-18(24)23-9-5-7-15-6-3-4-8-17(15)23/h3-4,6,8,16H,2,5,7,9-14H2,1H3,(H2,20,25). The number of carbonyl (C=O) groups excluding carboxylic acids is 2. The molecule has 2 aliphatic heterocycles. The lowest BCUT2D eigenvalue weighted by atomic mass is 10.0. The van der Waals surface area contributed by atoms with E-state index in [0.717, 1.165) is 57.7 Å². The SMILES string of the molecule is CCC(C(N)=O)N1CCN(CC(=O)N2CCCc3ccccc32)CC1. The van der Waals surface area contributed by atoms with Gasteiger partial charge in [0, 0.05) is 38.4 Å². The van der Waals surface area contributed by atoms with Crippen molar-refractivity contribution in [1.82, 2.24) is 9.80 Å². The van der Waals surface area contributed by atoms with E-state index in [1.54, 1.807) is 0 Å². The Balaban J connectivity index is 1.56. The highest BCUT2D eigenvalue weighted by molar-refractivity contribution is 5.96. The van der Waals surface area contributed by atoms with Gasteiger partial charge in [-0.25, -0.2) is 0 Å². The van der Waals surface area contributed by atoms with Crippen molar-refractivity contribution < 1.29 is 9.59 Å². The van der Waals surface area contributed by atoms with E-state index in [1.807, 2.05) is 30.0 Å². The summed E-state index contributed by atoms with van der Waals surface area (Å²) in [5.74, 6) is -0.0838. The molecule has 6 heteroatoms. The zero-order valence-corrected chi connectivity index (χ0v) is 15.0. The molecule has 25 heavy (non-hydrogen) atoms. The van der Waals surface area contributed by atoms with Gasteiger partial charge in [-0.2, -0.15) is 0 Å². The molecule has 2 N–H and O–H groups in total. The van der Waals surface area contributed by atoms with E-state index >= 15 is 0 Å². The molecule has 2 heterocycles. The summed E-state index contributed by atoms with van der Waals surface area (Å²) < 4.78 is 0. The lowest BCUT2D eigenvalue weighted by Gasteiger charge is -2.38. The fourth-order valence-electron chi connectivity index (χ4n) is 3.94. The number of fused-ring (bicyclic) bond motifs is 1. The molecule has 0 aromatic heterocycles. The van der Waals surface area contributed by atoms with Crippen LogP contribution in [0.15, 0.2) is 24.3 Å². The molecule has 2 amide bonds. The van der Waals surface area contributed by atoms with Gasteiger partial charge in [-0.05, 0) is 30.9 Å². The minimum atomic E-state index is -0.253. The van der Waals surface area contributed by atoms with E-state index in [4.69, 9.17) is 5.73 Å². The Morgan fingerprint density at radius 2 is 1.84 bits per heavy atom. The van der Waals surface area contributed by atoms with E-state index in [-0.39, 0.29) is 17.9 Å². The smallest absolute Gasteiger partial charge is 0.241 e. The average Bonchev–Trinajstić information content (AvgIpc) is 2.63. The number of para-hydroxylation sites is 1. The van der Waals surface area contributed by atoms with Gasteiger partial charge in [-0.1, -0.05) is 25.1 Å². The molecule has 0 bridgehead atoms. The summed E-state index contributed by atoms with van der Waals surface area (Å²) in [4.78, 5) is 30.6. The van der Waals surface area contributed by atoms with Crippen molar-refractivity contribution >= 4 is 17.5 Å². The summed E-state index contributed by atoms with van der Waals surface area (Å²) in [6.45, 7) is 6.39. The summed E-state index contributed by atoms with van der Waals surface area (Å²) in [5.41, 5.74) is 7.81. The summed E-state index contributed by atoms with van der Waals surface area (Å²) in [6, 6.07) is 8.00. The molecule has 1 aromatic carbocycles. The van der Waals surface area contributed by atoms with Gasteiger partial charge in [0.15, 0.2) is 0 Å². The predicted molar refractivity (Wildman–Crippen MR) is 98.4 cm³/mol. The van der Waals surface area contributed by atoms with Crippen LogP contribution in [0.25, 0.3) is 0 Å². The molecular formula is C19H28N4O2. The Bertz CT molecular complexity index is 626. The molecule has 1 fully saturated rings. The highest BCUT2D eigenvalue weighted by Gasteiger charge is 2.28. The lowest BCUT2D eigenvalue weighted by molar-refractivity contribution is -0.125. The average molecular weight is 344 g/mol. The zero-order chi connectivity index (χ0) is 17.8. The molecule has 1 saturated heterocycles. The van der Waals surface area contributed by atoms with Gasteiger partial charge < -0.3 is 10.6 Å². The summed E-state index contributed by atoms with van der Waals surface area (Å²) in [5, 5.41) is 0. The van der Waals surface area contributed by atoms with E-state index in [1.165, 1.54) is 5.56 Å². The molecule has 6 nitrogen and oxygen atoms in total. The normalized spacial score (nSPS) is 20.1. The highest BCUT2D eigenvalue weighted by Crippen LogP contribution is 2.26. The molecule has 1 aromatic rings. The van der Waals surface area contributed by atoms with Crippen molar-refractivity contribution in [3.8, 4) is 0 Å². The molecule has 0 spiro atoms. The number of piperazine rings is 1. The van der Waals surface area contributed by atoms with Gasteiger partial charge >= 0.3 is 0 Å². The summed E-state index contributed by atoms with van der Waals surface area (Å²) in [7, 11) is 0. The first-order valence-electron chi connectivity index (χ1n) is 9.24. The molecule has 0 saturated carbocycles. The Morgan fingerprint density at radius 3 is 2.52 bits per heavy atom. The number of nitrogens with zero attached hydrogens (tertiary/aromatic N) is 3. The maximum atomic E-state index is 12.8. The first-order chi connectivity index (χ1) is 12.1. The molecule has 136 valence electrons. The second kappa shape index (κ2) is 7.97. The maximum absolute atomic E-state index is 12.8. The van der Waals surface area contributed by atoms with E-state index in [2.05, 4.69) is 15.9 Å². The number of hydrogen-bond donors (Lipinski definition) is 1. The van der Waals surface area contributed by atoms with Gasteiger partial charge in [-0.15, -0.1) is 0 Å². The second-order valence-corrected chi connectivity index (χ2v) is 6.92. The van der Waals surface area contributed by atoms with Crippen molar-refractivity contribution in [1.29, 1.82) is 0 Å². The minimum Gasteiger partial charge on any atom is -0.368 e. The van der Waals surface area contributed by atoms with Gasteiger partial charge in [-0.3, -0.25) is 19.4 Å². The van der Waals surface area contributed by atoms with Crippen LogP contribution in [0.1, 0.15) is 25.3 Å². The van der Waals surface area contributed by atoms with Crippen LogP contribution < -0.4 is 10.6 Å². The Morgan fingerprint density at radius 1 is 1.12 bits per heavy atom. The zero-order valence-electron chi connectivity index (χ0n) is 15.0. The number of rotatable bonds is 5. The van der Waals surface area contributed by atoms with Gasteiger partial charge in [0.25, 0.3) is 0 Å². The number of nitrogens with two attached hydrogens (primary N) is 1. The van der Waals surface area contributed by atoms with Crippen molar-refractivity contribution in [3.63, 3.8) is 0 Å². The number of aryl methyl sites for hydroxylation is 1. The highest BCUT2D eigenvalue weighted by atomic mass is 16.2. The predicted octanol–water partition coefficient (Wildman–Crippen LogP) is 0.847. The van der Waals surface area contributed by atoms with Crippen LogP contribution in [-0.4, -0.2) is 66.9 Å². The van der Waals surface area contributed by atoms with Crippen molar-refractivity contribution in [2.45, 2.75) is 32.2 Å². The minimum absolute atomic E-state index is 0.169. The largest absolute Gasteiger partial charge is 0.368 e. The molecule has 3 rings (SSSR count). The number of primary amides is 1.